The summed E-state index contributed by atoms with van der Waals surface area (Å²) in [5, 5.41) is 1.06. The maximum absolute atomic E-state index is 6.28. The third-order valence-corrected chi connectivity index (χ3v) is 4.39. The Bertz CT molecular complexity index is 795. The van der Waals surface area contributed by atoms with Crippen molar-refractivity contribution < 1.29 is 0 Å². The third-order valence-electron chi connectivity index (χ3n) is 3.65. The SMILES string of the molecule is Cn1c(CC(N)c2ccc(Cl)c(Cl)c2)nc2ccccc21. The van der Waals surface area contributed by atoms with Crippen molar-refractivity contribution in [2.24, 2.45) is 12.8 Å². The summed E-state index contributed by atoms with van der Waals surface area (Å²) in [5.74, 6) is 0.953. The second kappa shape index (κ2) is 5.68. The highest BCUT2D eigenvalue weighted by Gasteiger charge is 2.14. The average molecular weight is 320 g/mol. The van der Waals surface area contributed by atoms with Crippen LogP contribution in [0.1, 0.15) is 17.4 Å². The Balaban J connectivity index is 1.90. The van der Waals surface area contributed by atoms with Crippen LogP contribution in [0.4, 0.5) is 0 Å². The maximum atomic E-state index is 6.28. The predicted molar refractivity (Wildman–Crippen MR) is 87.8 cm³/mol. The number of aromatic nitrogens is 2. The first-order valence-electron chi connectivity index (χ1n) is 6.67. The van der Waals surface area contributed by atoms with Crippen LogP contribution in [-0.4, -0.2) is 9.55 Å². The van der Waals surface area contributed by atoms with Crippen molar-refractivity contribution in [2.45, 2.75) is 12.5 Å². The van der Waals surface area contributed by atoms with Crippen molar-refractivity contribution in [2.75, 3.05) is 0 Å². The molecule has 1 heterocycles. The van der Waals surface area contributed by atoms with E-state index < -0.39 is 0 Å². The number of para-hydroxylation sites is 2. The standard InChI is InChI=1S/C16H15Cl2N3/c1-21-15-5-3-2-4-14(15)20-16(21)9-13(19)10-6-7-11(17)12(18)8-10/h2-8,13H,9,19H2,1H3. The van der Waals surface area contributed by atoms with Gasteiger partial charge in [0.2, 0.25) is 0 Å². The van der Waals surface area contributed by atoms with Gasteiger partial charge in [0.15, 0.2) is 0 Å². The summed E-state index contributed by atoms with van der Waals surface area (Å²) in [4.78, 5) is 4.64. The lowest BCUT2D eigenvalue weighted by Crippen LogP contribution is -2.15. The van der Waals surface area contributed by atoms with Crippen LogP contribution in [0.25, 0.3) is 11.0 Å². The summed E-state index contributed by atoms with van der Waals surface area (Å²) in [6.45, 7) is 0. The molecule has 0 fully saturated rings. The molecule has 2 N–H and O–H groups in total. The van der Waals surface area contributed by atoms with E-state index in [0.717, 1.165) is 22.4 Å². The maximum Gasteiger partial charge on any atom is 0.111 e. The highest BCUT2D eigenvalue weighted by atomic mass is 35.5. The zero-order chi connectivity index (χ0) is 15.0. The summed E-state index contributed by atoms with van der Waals surface area (Å²) in [6.07, 6.45) is 0.642. The lowest BCUT2D eigenvalue weighted by Gasteiger charge is -2.12. The number of rotatable bonds is 3. The monoisotopic (exact) mass is 319 g/mol. The molecule has 5 heteroatoms. The molecule has 3 aromatic rings. The fourth-order valence-electron chi connectivity index (χ4n) is 2.44. The number of imidazole rings is 1. The molecule has 108 valence electrons. The molecule has 0 bridgehead atoms. The minimum atomic E-state index is -0.171. The van der Waals surface area contributed by atoms with Crippen molar-refractivity contribution in [1.29, 1.82) is 0 Å². The first kappa shape index (κ1) is 14.4. The number of hydrogen-bond donors (Lipinski definition) is 1. The van der Waals surface area contributed by atoms with Crippen molar-refractivity contribution in [3.8, 4) is 0 Å². The summed E-state index contributed by atoms with van der Waals surface area (Å²) in [7, 11) is 2.01. The molecule has 1 unspecified atom stereocenters. The topological polar surface area (TPSA) is 43.8 Å². The van der Waals surface area contributed by atoms with E-state index in [2.05, 4.69) is 15.6 Å². The summed E-state index contributed by atoms with van der Waals surface area (Å²) < 4.78 is 2.08. The first-order valence-corrected chi connectivity index (χ1v) is 7.42. The van der Waals surface area contributed by atoms with Gasteiger partial charge in [-0.1, -0.05) is 41.4 Å². The van der Waals surface area contributed by atoms with Gasteiger partial charge in [-0.05, 0) is 29.8 Å². The number of nitrogens with zero attached hydrogens (tertiary/aromatic N) is 2. The molecular formula is C16H15Cl2N3. The van der Waals surface area contributed by atoms with Crippen LogP contribution in [0.3, 0.4) is 0 Å². The lowest BCUT2D eigenvalue weighted by atomic mass is 10.0. The molecule has 1 aromatic heterocycles. The minimum Gasteiger partial charge on any atom is -0.331 e. The normalized spacial score (nSPS) is 12.8. The lowest BCUT2D eigenvalue weighted by molar-refractivity contribution is 0.665. The van der Waals surface area contributed by atoms with E-state index >= 15 is 0 Å². The van der Waals surface area contributed by atoms with Crippen LogP contribution < -0.4 is 5.73 Å². The van der Waals surface area contributed by atoms with Crippen LogP contribution in [-0.2, 0) is 13.5 Å². The zero-order valence-corrected chi connectivity index (χ0v) is 13.1. The number of hydrogen-bond acceptors (Lipinski definition) is 2. The second-order valence-corrected chi connectivity index (χ2v) is 5.87. The molecule has 0 spiro atoms. The van der Waals surface area contributed by atoms with Crippen LogP contribution in [0.2, 0.25) is 10.0 Å². The summed E-state index contributed by atoms with van der Waals surface area (Å²) in [5.41, 5.74) is 9.32. The Morgan fingerprint density at radius 2 is 1.90 bits per heavy atom. The molecular weight excluding hydrogens is 305 g/mol. The van der Waals surface area contributed by atoms with E-state index in [4.69, 9.17) is 28.9 Å². The van der Waals surface area contributed by atoms with Gasteiger partial charge in [-0.15, -0.1) is 0 Å². The molecule has 0 aliphatic carbocycles. The van der Waals surface area contributed by atoms with Crippen molar-refractivity contribution >= 4 is 34.2 Å². The van der Waals surface area contributed by atoms with Gasteiger partial charge in [0.05, 0.1) is 21.1 Å². The molecule has 0 radical (unpaired) electrons. The molecule has 0 aliphatic rings. The van der Waals surface area contributed by atoms with E-state index in [1.807, 2.05) is 37.4 Å². The van der Waals surface area contributed by atoms with E-state index in [1.54, 1.807) is 6.07 Å². The molecule has 3 nitrogen and oxygen atoms in total. The summed E-state index contributed by atoms with van der Waals surface area (Å²) in [6, 6.07) is 13.4. The predicted octanol–water partition coefficient (Wildman–Crippen LogP) is 4.12. The Morgan fingerprint density at radius 3 is 2.62 bits per heavy atom. The first-order chi connectivity index (χ1) is 10.1. The van der Waals surface area contributed by atoms with Crippen LogP contribution in [0.5, 0.6) is 0 Å². The van der Waals surface area contributed by atoms with Crippen LogP contribution in [0, 0.1) is 0 Å². The fraction of sp³-hybridized carbons (Fsp3) is 0.188. The Morgan fingerprint density at radius 1 is 1.14 bits per heavy atom. The van der Waals surface area contributed by atoms with Crippen molar-refractivity contribution in [3.63, 3.8) is 0 Å². The van der Waals surface area contributed by atoms with Gasteiger partial charge in [-0.3, -0.25) is 0 Å². The van der Waals surface area contributed by atoms with Gasteiger partial charge in [0, 0.05) is 19.5 Å². The van der Waals surface area contributed by atoms with Gasteiger partial charge >= 0.3 is 0 Å². The summed E-state index contributed by atoms with van der Waals surface area (Å²) >= 11 is 12.0. The average Bonchev–Trinajstić information content (AvgIpc) is 2.79. The van der Waals surface area contributed by atoms with Gasteiger partial charge in [-0.2, -0.15) is 0 Å². The Kier molecular flexibility index (Phi) is 3.89. The second-order valence-electron chi connectivity index (χ2n) is 5.06. The number of benzene rings is 2. The number of aryl methyl sites for hydroxylation is 1. The smallest absolute Gasteiger partial charge is 0.111 e. The Hall–Kier alpha value is -1.55. The van der Waals surface area contributed by atoms with Gasteiger partial charge < -0.3 is 10.3 Å². The highest BCUT2D eigenvalue weighted by Crippen LogP contribution is 2.26. The van der Waals surface area contributed by atoms with Crippen molar-refractivity contribution in [1.82, 2.24) is 9.55 Å². The third kappa shape index (κ3) is 2.77. The van der Waals surface area contributed by atoms with Gasteiger partial charge in [-0.25, -0.2) is 4.98 Å². The fourth-order valence-corrected chi connectivity index (χ4v) is 2.74. The minimum absolute atomic E-state index is 0.171. The quantitative estimate of drug-likeness (QED) is 0.789. The van der Waals surface area contributed by atoms with E-state index in [1.165, 1.54) is 0 Å². The molecule has 0 saturated heterocycles. The largest absolute Gasteiger partial charge is 0.331 e. The van der Waals surface area contributed by atoms with Crippen LogP contribution in [0.15, 0.2) is 42.5 Å². The molecule has 2 aromatic carbocycles. The highest BCUT2D eigenvalue weighted by molar-refractivity contribution is 6.42. The molecule has 0 saturated carbocycles. The number of nitrogens with two attached hydrogens (primary N) is 1. The number of halogens is 2. The van der Waals surface area contributed by atoms with E-state index in [0.29, 0.717) is 16.5 Å². The molecule has 3 rings (SSSR count). The molecule has 0 aliphatic heterocycles. The molecule has 0 amide bonds. The Labute approximate surface area is 133 Å². The van der Waals surface area contributed by atoms with E-state index in [-0.39, 0.29) is 6.04 Å². The van der Waals surface area contributed by atoms with Crippen LogP contribution >= 0.6 is 23.2 Å². The number of fused-ring (bicyclic) bond motifs is 1. The zero-order valence-electron chi connectivity index (χ0n) is 11.6. The van der Waals surface area contributed by atoms with Crippen molar-refractivity contribution in [3.05, 3.63) is 63.9 Å². The molecule has 1 atom stereocenters. The van der Waals surface area contributed by atoms with E-state index in [9.17, 15) is 0 Å². The molecule has 21 heavy (non-hydrogen) atoms. The van der Waals surface area contributed by atoms with Gasteiger partial charge in [0.1, 0.15) is 5.82 Å². The van der Waals surface area contributed by atoms with Gasteiger partial charge in [0.25, 0.3) is 0 Å².